The summed E-state index contributed by atoms with van der Waals surface area (Å²) in [7, 11) is 2.99. The third-order valence-electron chi connectivity index (χ3n) is 7.08. The Balaban J connectivity index is 1.95. The van der Waals surface area contributed by atoms with E-state index in [1.165, 1.54) is 7.11 Å². The van der Waals surface area contributed by atoms with Gasteiger partial charge in [-0.2, -0.15) is 13.2 Å². The van der Waals surface area contributed by atoms with Gasteiger partial charge in [0, 0.05) is 13.1 Å². The lowest BCUT2D eigenvalue weighted by atomic mass is 9.75. The van der Waals surface area contributed by atoms with Crippen LogP contribution >= 0.6 is 0 Å². The number of alkyl halides is 3. The number of amides is 1. The van der Waals surface area contributed by atoms with Crippen molar-refractivity contribution in [1.29, 1.82) is 0 Å². The molecule has 0 fully saturated rings. The van der Waals surface area contributed by atoms with Crippen LogP contribution in [0.2, 0.25) is 0 Å². The van der Waals surface area contributed by atoms with E-state index in [1.54, 1.807) is 7.11 Å². The predicted octanol–water partition coefficient (Wildman–Crippen LogP) is 6.09. The molecular formula is C32H37F3N2O4. The smallest absolute Gasteiger partial charge is 0.471 e. The fraction of sp³-hybridized carbons (Fsp3) is 0.375. The van der Waals surface area contributed by atoms with Crippen molar-refractivity contribution in [3.63, 3.8) is 0 Å². The van der Waals surface area contributed by atoms with Gasteiger partial charge in [-0.3, -0.25) is 14.5 Å². The molecule has 0 atom stereocenters. The van der Waals surface area contributed by atoms with E-state index in [2.05, 4.69) is 29.2 Å². The lowest BCUT2D eigenvalue weighted by Crippen LogP contribution is -2.49. The van der Waals surface area contributed by atoms with Crippen LogP contribution in [0, 0.1) is 0 Å². The van der Waals surface area contributed by atoms with Crippen molar-refractivity contribution >= 4 is 11.9 Å². The van der Waals surface area contributed by atoms with Crippen molar-refractivity contribution in [2.45, 2.75) is 43.8 Å². The van der Waals surface area contributed by atoms with E-state index in [0.29, 0.717) is 25.9 Å². The molecule has 0 unspecified atom stereocenters. The predicted molar refractivity (Wildman–Crippen MR) is 151 cm³/mol. The molecule has 1 amide bonds. The molecule has 220 valence electrons. The zero-order valence-electron chi connectivity index (χ0n) is 23.5. The molecule has 3 aromatic rings. The molecule has 0 aliphatic rings. The van der Waals surface area contributed by atoms with Gasteiger partial charge in [0.2, 0.25) is 0 Å². The molecule has 9 heteroatoms. The molecule has 41 heavy (non-hydrogen) atoms. The fourth-order valence-corrected chi connectivity index (χ4v) is 5.10. The minimum absolute atomic E-state index is 0.0335. The molecule has 0 aromatic heterocycles. The fourth-order valence-electron chi connectivity index (χ4n) is 5.10. The van der Waals surface area contributed by atoms with E-state index in [1.807, 2.05) is 66.0 Å². The topological polar surface area (TPSA) is 67.9 Å². The highest BCUT2D eigenvalue weighted by atomic mass is 19.4. The second kappa shape index (κ2) is 15.2. The monoisotopic (exact) mass is 570 g/mol. The standard InChI is InChI=1S/C32H37F3N2O4/c1-40-28-19-17-27(18-20-28)31(25-13-7-5-8-14-25,26-15-9-6-10-16-26)37(24-21-29(38)41-2)23-12-4-3-11-22-36-30(39)32(33,34)35/h5-10,13-20H,3-4,11-12,21-24H2,1-2H3,(H,36,39). The van der Waals surface area contributed by atoms with Crippen molar-refractivity contribution in [3.05, 3.63) is 102 Å². The largest absolute Gasteiger partial charge is 0.497 e. The Hall–Kier alpha value is -3.85. The van der Waals surface area contributed by atoms with E-state index in [4.69, 9.17) is 9.47 Å². The molecule has 0 aliphatic carbocycles. The first-order valence-corrected chi connectivity index (χ1v) is 13.7. The van der Waals surface area contributed by atoms with E-state index in [9.17, 15) is 22.8 Å². The summed E-state index contributed by atoms with van der Waals surface area (Å²) in [5.41, 5.74) is 2.28. The summed E-state index contributed by atoms with van der Waals surface area (Å²) in [6, 6.07) is 28.1. The molecule has 0 spiro atoms. The summed E-state index contributed by atoms with van der Waals surface area (Å²) in [4.78, 5) is 25.7. The Bertz CT molecular complexity index is 1180. The zero-order chi connectivity index (χ0) is 29.7. The van der Waals surface area contributed by atoms with Gasteiger partial charge in [0.25, 0.3) is 0 Å². The molecular weight excluding hydrogens is 533 g/mol. The highest BCUT2D eigenvalue weighted by molar-refractivity contribution is 5.81. The van der Waals surface area contributed by atoms with E-state index in [0.717, 1.165) is 35.3 Å². The highest BCUT2D eigenvalue weighted by Gasteiger charge is 2.42. The normalized spacial score (nSPS) is 11.8. The number of carbonyl (C=O) groups excluding carboxylic acids is 2. The highest BCUT2D eigenvalue weighted by Crippen LogP contribution is 2.43. The van der Waals surface area contributed by atoms with E-state index in [-0.39, 0.29) is 18.9 Å². The minimum Gasteiger partial charge on any atom is -0.497 e. The average molecular weight is 571 g/mol. The number of rotatable bonds is 15. The van der Waals surface area contributed by atoms with Gasteiger partial charge in [-0.25, -0.2) is 0 Å². The van der Waals surface area contributed by atoms with Gasteiger partial charge in [0.15, 0.2) is 0 Å². The summed E-state index contributed by atoms with van der Waals surface area (Å²) < 4.78 is 47.7. The zero-order valence-corrected chi connectivity index (χ0v) is 23.5. The van der Waals surface area contributed by atoms with Gasteiger partial charge < -0.3 is 14.8 Å². The van der Waals surface area contributed by atoms with Gasteiger partial charge in [-0.05, 0) is 48.2 Å². The van der Waals surface area contributed by atoms with Gasteiger partial charge in [-0.15, -0.1) is 0 Å². The van der Waals surface area contributed by atoms with Crippen molar-refractivity contribution in [2.75, 3.05) is 33.9 Å². The number of nitrogens with zero attached hydrogens (tertiary/aromatic N) is 1. The quantitative estimate of drug-likeness (QED) is 0.136. The van der Waals surface area contributed by atoms with Crippen LogP contribution in [0.1, 0.15) is 48.8 Å². The average Bonchev–Trinajstić information content (AvgIpc) is 2.99. The Morgan fingerprint density at radius 2 is 1.27 bits per heavy atom. The van der Waals surface area contributed by atoms with Crippen LogP contribution in [0.5, 0.6) is 5.75 Å². The van der Waals surface area contributed by atoms with Crippen LogP contribution in [0.25, 0.3) is 0 Å². The number of ether oxygens (including phenoxy) is 2. The second-order valence-corrected chi connectivity index (χ2v) is 9.65. The van der Waals surface area contributed by atoms with E-state index >= 15 is 0 Å². The number of nitrogens with one attached hydrogen (secondary N) is 1. The second-order valence-electron chi connectivity index (χ2n) is 9.65. The van der Waals surface area contributed by atoms with Crippen LogP contribution in [-0.4, -0.2) is 56.8 Å². The van der Waals surface area contributed by atoms with Gasteiger partial charge in [-0.1, -0.05) is 85.6 Å². The Morgan fingerprint density at radius 1 is 0.732 bits per heavy atom. The first-order chi connectivity index (χ1) is 19.7. The molecule has 3 aromatic carbocycles. The Kier molecular flexibility index (Phi) is 11.8. The minimum atomic E-state index is -4.88. The molecule has 3 rings (SSSR count). The van der Waals surface area contributed by atoms with Crippen molar-refractivity contribution < 1.29 is 32.2 Å². The van der Waals surface area contributed by atoms with Gasteiger partial charge in [0.05, 0.1) is 26.2 Å². The van der Waals surface area contributed by atoms with Crippen molar-refractivity contribution in [3.8, 4) is 5.75 Å². The maximum Gasteiger partial charge on any atom is 0.471 e. The number of benzene rings is 3. The van der Waals surface area contributed by atoms with Crippen LogP contribution in [0.3, 0.4) is 0 Å². The van der Waals surface area contributed by atoms with E-state index < -0.39 is 17.6 Å². The molecule has 0 aliphatic heterocycles. The van der Waals surface area contributed by atoms with Gasteiger partial charge >= 0.3 is 18.1 Å². The summed E-state index contributed by atoms with van der Waals surface area (Å²) in [6.07, 6.45) is -2.15. The lowest BCUT2D eigenvalue weighted by molar-refractivity contribution is -0.173. The SMILES string of the molecule is COC(=O)CCN(CCCCCCNC(=O)C(F)(F)F)C(c1ccccc1)(c1ccccc1)c1ccc(OC)cc1. The number of carbonyl (C=O) groups is 2. The first kappa shape index (κ1) is 31.7. The number of unbranched alkanes of at least 4 members (excludes halogenated alkanes) is 3. The number of hydrogen-bond donors (Lipinski definition) is 1. The summed E-state index contributed by atoms with van der Waals surface area (Å²) in [5.74, 6) is -1.51. The van der Waals surface area contributed by atoms with Gasteiger partial charge in [0.1, 0.15) is 5.75 Å². The summed E-state index contributed by atoms with van der Waals surface area (Å²) in [5, 5.41) is 1.92. The van der Waals surface area contributed by atoms with Crippen LogP contribution < -0.4 is 10.1 Å². The molecule has 0 radical (unpaired) electrons. The Labute approximate surface area is 239 Å². The van der Waals surface area contributed by atoms with Crippen LogP contribution in [0.15, 0.2) is 84.9 Å². The number of hydrogen-bond acceptors (Lipinski definition) is 5. The molecule has 6 nitrogen and oxygen atoms in total. The summed E-state index contributed by atoms with van der Waals surface area (Å²) >= 11 is 0. The third-order valence-corrected chi connectivity index (χ3v) is 7.08. The third kappa shape index (κ3) is 8.33. The molecule has 1 N–H and O–H groups in total. The Morgan fingerprint density at radius 3 is 1.78 bits per heavy atom. The maximum atomic E-state index is 12.4. The molecule has 0 saturated heterocycles. The molecule has 0 heterocycles. The first-order valence-electron chi connectivity index (χ1n) is 13.7. The van der Waals surface area contributed by atoms with Crippen molar-refractivity contribution in [2.24, 2.45) is 0 Å². The molecule has 0 bridgehead atoms. The van der Waals surface area contributed by atoms with Crippen molar-refractivity contribution in [1.82, 2.24) is 10.2 Å². The lowest BCUT2D eigenvalue weighted by Gasteiger charge is -2.46. The number of methoxy groups -OCH3 is 2. The number of halogens is 3. The molecule has 0 saturated carbocycles. The van der Waals surface area contributed by atoms with Crippen LogP contribution in [0.4, 0.5) is 13.2 Å². The number of esters is 1. The maximum absolute atomic E-state index is 12.4. The summed E-state index contributed by atoms with van der Waals surface area (Å²) in [6.45, 7) is 0.972. The van der Waals surface area contributed by atoms with Crippen LogP contribution in [-0.2, 0) is 19.9 Å².